The second-order valence-corrected chi connectivity index (χ2v) is 4.26. The normalized spacial score (nSPS) is 18.9. The van der Waals surface area contributed by atoms with Gasteiger partial charge in [-0.15, -0.1) is 0 Å². The second kappa shape index (κ2) is 5.49. The lowest BCUT2D eigenvalue weighted by Crippen LogP contribution is -2.36. The monoisotopic (exact) mass is 245 g/mol. The molecule has 1 saturated heterocycles. The van der Waals surface area contributed by atoms with Gasteiger partial charge in [-0.1, -0.05) is 29.8 Å². The number of hydrogen-bond acceptors (Lipinski definition) is 3. The average Bonchev–Trinajstić information content (AvgIpc) is 2.74. The number of hydrogen-bond donors (Lipinski definition) is 1. The maximum absolute atomic E-state index is 11.6. The van der Waals surface area contributed by atoms with Gasteiger partial charge in [0.15, 0.2) is 0 Å². The largest absolute Gasteiger partial charge is 0.464 e. The Morgan fingerprint density at radius 3 is 2.72 bits per heavy atom. The smallest absolute Gasteiger partial charge is 0.328 e. The van der Waals surface area contributed by atoms with Crippen LogP contribution in [0.25, 0.3) is 6.08 Å². The van der Waals surface area contributed by atoms with Gasteiger partial charge in [0.2, 0.25) is 5.91 Å². The Hall–Kier alpha value is -2.10. The van der Waals surface area contributed by atoms with Crippen molar-refractivity contribution in [3.63, 3.8) is 0 Å². The van der Waals surface area contributed by atoms with Crippen molar-refractivity contribution in [1.29, 1.82) is 0 Å². The molecule has 0 aliphatic carbocycles. The highest BCUT2D eigenvalue weighted by molar-refractivity contribution is 5.94. The van der Waals surface area contributed by atoms with Crippen molar-refractivity contribution in [3.05, 3.63) is 41.5 Å². The molecule has 1 aliphatic heterocycles. The van der Waals surface area contributed by atoms with Crippen molar-refractivity contribution < 1.29 is 14.3 Å². The fraction of sp³-hybridized carbons (Fsp3) is 0.286. The summed E-state index contributed by atoms with van der Waals surface area (Å²) < 4.78 is 4.76. The third-order valence-corrected chi connectivity index (χ3v) is 2.76. The number of nitrogens with one attached hydrogen (secondary N) is 1. The zero-order valence-corrected chi connectivity index (χ0v) is 10.2. The number of amides is 1. The molecule has 1 fully saturated rings. The van der Waals surface area contributed by atoms with Crippen molar-refractivity contribution in [2.75, 3.05) is 6.61 Å². The van der Waals surface area contributed by atoms with Crippen LogP contribution in [-0.2, 0) is 14.3 Å². The second-order valence-electron chi connectivity index (χ2n) is 4.26. The quantitative estimate of drug-likeness (QED) is 0.647. The Bertz CT molecular complexity index is 476. The van der Waals surface area contributed by atoms with Crippen LogP contribution in [0.1, 0.15) is 17.5 Å². The van der Waals surface area contributed by atoms with Crippen LogP contribution >= 0.6 is 0 Å². The molecule has 2 rings (SSSR count). The zero-order valence-electron chi connectivity index (χ0n) is 10.2. The number of benzene rings is 1. The number of aryl methyl sites for hydroxylation is 1. The maximum atomic E-state index is 11.6. The molecular formula is C14H15NO3. The van der Waals surface area contributed by atoms with E-state index in [1.54, 1.807) is 6.08 Å². The Kier molecular flexibility index (Phi) is 3.77. The van der Waals surface area contributed by atoms with Crippen molar-refractivity contribution in [3.8, 4) is 0 Å². The van der Waals surface area contributed by atoms with Gasteiger partial charge >= 0.3 is 5.97 Å². The van der Waals surface area contributed by atoms with Gasteiger partial charge in [0.1, 0.15) is 6.04 Å². The average molecular weight is 245 g/mol. The Labute approximate surface area is 106 Å². The van der Waals surface area contributed by atoms with E-state index in [9.17, 15) is 9.59 Å². The number of cyclic esters (lactones) is 1. The van der Waals surface area contributed by atoms with Crippen LogP contribution in [0.3, 0.4) is 0 Å². The summed E-state index contributed by atoms with van der Waals surface area (Å²) in [6.07, 6.45) is 3.69. The molecular weight excluding hydrogens is 230 g/mol. The maximum Gasteiger partial charge on any atom is 0.328 e. The lowest BCUT2D eigenvalue weighted by molar-refractivity contribution is -0.140. The highest BCUT2D eigenvalue weighted by Crippen LogP contribution is 2.07. The van der Waals surface area contributed by atoms with Crippen LogP contribution in [0.4, 0.5) is 0 Å². The third-order valence-electron chi connectivity index (χ3n) is 2.76. The first-order chi connectivity index (χ1) is 8.65. The van der Waals surface area contributed by atoms with Gasteiger partial charge in [0.05, 0.1) is 6.61 Å². The first kappa shape index (κ1) is 12.4. The molecule has 1 amide bonds. The molecule has 1 N–H and O–H groups in total. The summed E-state index contributed by atoms with van der Waals surface area (Å²) in [6.45, 7) is 2.39. The van der Waals surface area contributed by atoms with Crippen LogP contribution in [0.2, 0.25) is 0 Å². The number of carbonyl (C=O) groups is 2. The van der Waals surface area contributed by atoms with E-state index in [0.717, 1.165) is 5.56 Å². The summed E-state index contributed by atoms with van der Waals surface area (Å²) >= 11 is 0. The van der Waals surface area contributed by atoms with Crippen molar-refractivity contribution >= 4 is 18.0 Å². The molecule has 1 aromatic carbocycles. The van der Waals surface area contributed by atoms with Crippen LogP contribution in [0, 0.1) is 6.92 Å². The molecule has 0 unspecified atom stereocenters. The number of carbonyl (C=O) groups excluding carboxylic acids is 2. The zero-order chi connectivity index (χ0) is 13.0. The third kappa shape index (κ3) is 3.20. The van der Waals surface area contributed by atoms with E-state index < -0.39 is 6.04 Å². The fourth-order valence-electron chi connectivity index (χ4n) is 1.70. The van der Waals surface area contributed by atoms with E-state index in [1.807, 2.05) is 31.2 Å². The van der Waals surface area contributed by atoms with E-state index in [1.165, 1.54) is 11.6 Å². The van der Waals surface area contributed by atoms with Gasteiger partial charge in [-0.05, 0) is 18.6 Å². The van der Waals surface area contributed by atoms with Crippen LogP contribution in [-0.4, -0.2) is 24.5 Å². The lowest BCUT2D eigenvalue weighted by atomic mass is 10.1. The Balaban J connectivity index is 1.90. The highest BCUT2D eigenvalue weighted by Gasteiger charge is 2.27. The molecule has 1 aliphatic rings. The summed E-state index contributed by atoms with van der Waals surface area (Å²) in [5, 5.41) is 2.61. The molecule has 1 aromatic rings. The van der Waals surface area contributed by atoms with Crippen molar-refractivity contribution in [1.82, 2.24) is 5.32 Å². The van der Waals surface area contributed by atoms with E-state index in [2.05, 4.69) is 5.32 Å². The molecule has 0 radical (unpaired) electrons. The summed E-state index contributed by atoms with van der Waals surface area (Å²) in [6, 6.07) is 7.32. The molecule has 18 heavy (non-hydrogen) atoms. The predicted octanol–water partition coefficient (Wildman–Crippen LogP) is 1.44. The molecule has 94 valence electrons. The molecule has 0 aromatic heterocycles. The molecule has 0 spiro atoms. The van der Waals surface area contributed by atoms with E-state index in [0.29, 0.717) is 13.0 Å². The minimum absolute atomic E-state index is 0.278. The topological polar surface area (TPSA) is 55.4 Å². The number of rotatable bonds is 3. The lowest BCUT2D eigenvalue weighted by Gasteiger charge is -2.05. The number of esters is 1. The first-order valence-electron chi connectivity index (χ1n) is 5.87. The van der Waals surface area contributed by atoms with E-state index in [-0.39, 0.29) is 11.9 Å². The van der Waals surface area contributed by atoms with Gasteiger partial charge in [-0.3, -0.25) is 4.79 Å². The minimum Gasteiger partial charge on any atom is -0.464 e. The SMILES string of the molecule is Cc1ccc(/C=C/C(=O)N[C@H]2CCOC2=O)cc1. The molecule has 4 heteroatoms. The van der Waals surface area contributed by atoms with Gasteiger partial charge in [-0.25, -0.2) is 4.79 Å². The highest BCUT2D eigenvalue weighted by atomic mass is 16.5. The summed E-state index contributed by atoms with van der Waals surface area (Å²) in [7, 11) is 0. The summed E-state index contributed by atoms with van der Waals surface area (Å²) in [5.74, 6) is -0.633. The van der Waals surface area contributed by atoms with Crippen molar-refractivity contribution in [2.24, 2.45) is 0 Å². The molecule has 4 nitrogen and oxygen atoms in total. The summed E-state index contributed by atoms with van der Waals surface area (Å²) in [5.41, 5.74) is 2.12. The van der Waals surface area contributed by atoms with Crippen LogP contribution < -0.4 is 5.32 Å². The minimum atomic E-state index is -0.500. The van der Waals surface area contributed by atoms with E-state index >= 15 is 0 Å². The van der Waals surface area contributed by atoms with Crippen LogP contribution in [0.5, 0.6) is 0 Å². The Morgan fingerprint density at radius 1 is 1.39 bits per heavy atom. The molecule has 1 atom stereocenters. The molecule has 0 bridgehead atoms. The van der Waals surface area contributed by atoms with Gasteiger partial charge in [0.25, 0.3) is 0 Å². The Morgan fingerprint density at radius 2 is 2.11 bits per heavy atom. The standard InChI is InChI=1S/C14H15NO3/c1-10-2-4-11(5-3-10)6-7-13(16)15-12-8-9-18-14(12)17/h2-7,12H,8-9H2,1H3,(H,15,16)/b7-6+/t12-/m0/s1. The van der Waals surface area contributed by atoms with Crippen molar-refractivity contribution in [2.45, 2.75) is 19.4 Å². The summed E-state index contributed by atoms with van der Waals surface area (Å²) in [4.78, 5) is 22.7. The van der Waals surface area contributed by atoms with Crippen LogP contribution in [0.15, 0.2) is 30.3 Å². The predicted molar refractivity (Wildman–Crippen MR) is 67.7 cm³/mol. The molecule has 1 heterocycles. The van der Waals surface area contributed by atoms with Gasteiger partial charge in [0, 0.05) is 12.5 Å². The van der Waals surface area contributed by atoms with Gasteiger partial charge < -0.3 is 10.1 Å². The first-order valence-corrected chi connectivity index (χ1v) is 5.87. The van der Waals surface area contributed by atoms with Gasteiger partial charge in [-0.2, -0.15) is 0 Å². The molecule has 0 saturated carbocycles. The number of ether oxygens (including phenoxy) is 1. The van der Waals surface area contributed by atoms with E-state index in [4.69, 9.17) is 4.74 Å². The fourth-order valence-corrected chi connectivity index (χ4v) is 1.70.